The first-order valence-electron chi connectivity index (χ1n) is 7.05. The molecule has 0 spiro atoms. The van der Waals surface area contributed by atoms with Crippen LogP contribution in [-0.2, 0) is 4.79 Å². The highest BCUT2D eigenvalue weighted by Gasteiger charge is 2.10. The van der Waals surface area contributed by atoms with Crippen LogP contribution in [0.3, 0.4) is 0 Å². The standard InChI is InChI=1S/C17H16ClF2NO2/c1-11(12-2-4-13(19)5-3-12)9-21-17(22)10-23-16-7-6-14(20)8-15(16)18/h2-8,11H,9-10H2,1H3,(H,21,22). The Labute approximate surface area is 138 Å². The van der Waals surface area contributed by atoms with Crippen LogP contribution in [-0.4, -0.2) is 19.1 Å². The molecule has 1 N–H and O–H groups in total. The molecule has 0 aliphatic rings. The number of amides is 1. The summed E-state index contributed by atoms with van der Waals surface area (Å²) in [5.74, 6) is -0.808. The van der Waals surface area contributed by atoms with Crippen molar-refractivity contribution in [2.24, 2.45) is 0 Å². The van der Waals surface area contributed by atoms with Crippen LogP contribution in [0.1, 0.15) is 18.4 Å². The summed E-state index contributed by atoms with van der Waals surface area (Å²) in [5.41, 5.74) is 0.925. The Kier molecular flexibility index (Phi) is 5.93. The number of hydrogen-bond acceptors (Lipinski definition) is 2. The monoisotopic (exact) mass is 339 g/mol. The third kappa shape index (κ3) is 5.21. The van der Waals surface area contributed by atoms with Gasteiger partial charge in [-0.3, -0.25) is 4.79 Å². The van der Waals surface area contributed by atoms with Crippen molar-refractivity contribution < 1.29 is 18.3 Å². The van der Waals surface area contributed by atoms with Crippen molar-refractivity contribution in [2.75, 3.05) is 13.2 Å². The van der Waals surface area contributed by atoms with Gasteiger partial charge in [-0.25, -0.2) is 8.78 Å². The molecule has 0 aliphatic heterocycles. The minimum absolute atomic E-state index is 0.0361. The van der Waals surface area contributed by atoms with Crippen molar-refractivity contribution in [2.45, 2.75) is 12.8 Å². The first-order chi connectivity index (χ1) is 11.0. The maximum absolute atomic E-state index is 12.9. The zero-order chi connectivity index (χ0) is 16.8. The Balaban J connectivity index is 1.79. The molecule has 0 bridgehead atoms. The molecule has 23 heavy (non-hydrogen) atoms. The van der Waals surface area contributed by atoms with Gasteiger partial charge in [-0.05, 0) is 41.8 Å². The molecule has 0 heterocycles. The Morgan fingerprint density at radius 3 is 2.48 bits per heavy atom. The Bertz CT molecular complexity index is 677. The van der Waals surface area contributed by atoms with E-state index in [1.54, 1.807) is 12.1 Å². The van der Waals surface area contributed by atoms with Crippen LogP contribution in [0.2, 0.25) is 5.02 Å². The maximum atomic E-state index is 12.9. The van der Waals surface area contributed by atoms with Crippen molar-refractivity contribution in [3.8, 4) is 5.75 Å². The molecule has 2 rings (SSSR count). The van der Waals surface area contributed by atoms with E-state index in [0.717, 1.165) is 11.6 Å². The van der Waals surface area contributed by atoms with Gasteiger partial charge < -0.3 is 10.1 Å². The van der Waals surface area contributed by atoms with Gasteiger partial charge in [0, 0.05) is 6.54 Å². The van der Waals surface area contributed by atoms with Crippen LogP contribution < -0.4 is 10.1 Å². The highest BCUT2D eigenvalue weighted by Crippen LogP contribution is 2.24. The van der Waals surface area contributed by atoms with Gasteiger partial charge in [-0.15, -0.1) is 0 Å². The molecular weight excluding hydrogens is 324 g/mol. The number of benzene rings is 2. The van der Waals surface area contributed by atoms with Crippen molar-refractivity contribution in [3.63, 3.8) is 0 Å². The summed E-state index contributed by atoms with van der Waals surface area (Å²) < 4.78 is 31.0. The Hall–Kier alpha value is -2.14. The van der Waals surface area contributed by atoms with Gasteiger partial charge in [0.05, 0.1) is 5.02 Å². The van der Waals surface area contributed by atoms with E-state index in [1.807, 2.05) is 6.92 Å². The Morgan fingerprint density at radius 2 is 1.83 bits per heavy atom. The average molecular weight is 340 g/mol. The summed E-state index contributed by atoms with van der Waals surface area (Å²) >= 11 is 5.81. The third-order valence-electron chi connectivity index (χ3n) is 3.30. The molecule has 0 aliphatic carbocycles. The largest absolute Gasteiger partial charge is 0.482 e. The average Bonchev–Trinajstić information content (AvgIpc) is 2.52. The van der Waals surface area contributed by atoms with Gasteiger partial charge in [-0.2, -0.15) is 0 Å². The summed E-state index contributed by atoms with van der Waals surface area (Å²) in [6.45, 7) is 2.09. The molecule has 0 radical (unpaired) electrons. The molecule has 0 aromatic heterocycles. The molecule has 2 aromatic rings. The van der Waals surface area contributed by atoms with E-state index in [9.17, 15) is 13.6 Å². The van der Waals surface area contributed by atoms with E-state index in [1.165, 1.54) is 24.3 Å². The van der Waals surface area contributed by atoms with Crippen LogP contribution in [0.25, 0.3) is 0 Å². The first-order valence-corrected chi connectivity index (χ1v) is 7.43. The molecule has 3 nitrogen and oxygen atoms in total. The summed E-state index contributed by atoms with van der Waals surface area (Å²) in [4.78, 5) is 11.8. The molecule has 122 valence electrons. The number of hydrogen-bond donors (Lipinski definition) is 1. The fourth-order valence-electron chi connectivity index (χ4n) is 1.96. The number of halogens is 3. The van der Waals surface area contributed by atoms with E-state index >= 15 is 0 Å². The number of nitrogens with one attached hydrogen (secondary N) is 1. The lowest BCUT2D eigenvalue weighted by molar-refractivity contribution is -0.123. The quantitative estimate of drug-likeness (QED) is 0.866. The molecule has 6 heteroatoms. The molecule has 1 amide bonds. The third-order valence-corrected chi connectivity index (χ3v) is 3.59. The van der Waals surface area contributed by atoms with Gasteiger partial charge in [0.2, 0.25) is 0 Å². The van der Waals surface area contributed by atoms with Crippen LogP contribution in [0.5, 0.6) is 5.75 Å². The number of ether oxygens (including phenoxy) is 1. The highest BCUT2D eigenvalue weighted by atomic mass is 35.5. The molecule has 2 aromatic carbocycles. The van der Waals surface area contributed by atoms with Crippen LogP contribution >= 0.6 is 11.6 Å². The number of rotatable bonds is 6. The van der Waals surface area contributed by atoms with E-state index in [2.05, 4.69) is 5.32 Å². The van der Waals surface area contributed by atoms with Gasteiger partial charge in [-0.1, -0.05) is 30.7 Å². The van der Waals surface area contributed by atoms with Gasteiger partial charge in [0.25, 0.3) is 5.91 Å². The predicted molar refractivity (Wildman–Crippen MR) is 84.7 cm³/mol. The van der Waals surface area contributed by atoms with Crippen molar-refractivity contribution in [3.05, 3.63) is 64.7 Å². The lowest BCUT2D eigenvalue weighted by atomic mass is 10.0. The van der Waals surface area contributed by atoms with E-state index in [-0.39, 0.29) is 35.0 Å². The Morgan fingerprint density at radius 1 is 1.17 bits per heavy atom. The van der Waals surface area contributed by atoms with Gasteiger partial charge in [0.15, 0.2) is 6.61 Å². The summed E-state index contributed by atoms with van der Waals surface area (Å²) in [6.07, 6.45) is 0. The van der Waals surface area contributed by atoms with Gasteiger partial charge >= 0.3 is 0 Å². The zero-order valence-electron chi connectivity index (χ0n) is 12.5. The summed E-state index contributed by atoms with van der Waals surface area (Å²) in [7, 11) is 0. The lowest BCUT2D eigenvalue weighted by Gasteiger charge is -2.14. The second-order valence-corrected chi connectivity index (χ2v) is 5.53. The van der Waals surface area contributed by atoms with Crippen molar-refractivity contribution in [1.29, 1.82) is 0 Å². The molecule has 1 atom stereocenters. The zero-order valence-corrected chi connectivity index (χ0v) is 13.2. The molecule has 0 fully saturated rings. The van der Waals surface area contributed by atoms with E-state index in [0.29, 0.717) is 6.54 Å². The fourth-order valence-corrected chi connectivity index (χ4v) is 2.18. The highest BCUT2D eigenvalue weighted by molar-refractivity contribution is 6.32. The van der Waals surface area contributed by atoms with Crippen molar-refractivity contribution in [1.82, 2.24) is 5.32 Å². The van der Waals surface area contributed by atoms with Crippen LogP contribution in [0.15, 0.2) is 42.5 Å². The van der Waals surface area contributed by atoms with E-state index < -0.39 is 5.82 Å². The number of carbonyl (C=O) groups excluding carboxylic acids is 1. The topological polar surface area (TPSA) is 38.3 Å². The lowest BCUT2D eigenvalue weighted by Crippen LogP contribution is -2.31. The minimum atomic E-state index is -0.472. The van der Waals surface area contributed by atoms with Crippen molar-refractivity contribution >= 4 is 17.5 Å². The smallest absolute Gasteiger partial charge is 0.257 e. The first kappa shape index (κ1) is 17.2. The maximum Gasteiger partial charge on any atom is 0.257 e. The second-order valence-electron chi connectivity index (χ2n) is 5.12. The van der Waals surface area contributed by atoms with Crippen LogP contribution in [0, 0.1) is 11.6 Å². The number of carbonyl (C=O) groups is 1. The summed E-state index contributed by atoms with van der Waals surface area (Å²) in [6, 6.07) is 9.82. The van der Waals surface area contributed by atoms with Crippen LogP contribution in [0.4, 0.5) is 8.78 Å². The molecular formula is C17H16ClF2NO2. The molecule has 0 saturated carbocycles. The summed E-state index contributed by atoms with van der Waals surface area (Å²) in [5, 5.41) is 2.83. The predicted octanol–water partition coefficient (Wildman–Crippen LogP) is 3.92. The SMILES string of the molecule is CC(CNC(=O)COc1ccc(F)cc1Cl)c1ccc(F)cc1. The minimum Gasteiger partial charge on any atom is -0.482 e. The fraction of sp³-hybridized carbons (Fsp3) is 0.235. The normalized spacial score (nSPS) is 11.8. The molecule has 1 unspecified atom stereocenters. The van der Waals surface area contributed by atoms with E-state index in [4.69, 9.17) is 16.3 Å². The molecule has 0 saturated heterocycles. The van der Waals surface area contributed by atoms with Gasteiger partial charge in [0.1, 0.15) is 17.4 Å². The second kappa shape index (κ2) is 7.92.